The van der Waals surface area contributed by atoms with E-state index in [1.807, 2.05) is 6.07 Å². The summed E-state index contributed by atoms with van der Waals surface area (Å²) >= 11 is 3.33. The van der Waals surface area contributed by atoms with Crippen molar-refractivity contribution in [2.75, 3.05) is 0 Å². The van der Waals surface area contributed by atoms with Crippen molar-refractivity contribution in [2.45, 2.75) is 0 Å². The molecule has 0 unspecified atom stereocenters. The number of rotatable bonds is 2. The van der Waals surface area contributed by atoms with Crippen LogP contribution in [0.15, 0.2) is 45.9 Å². The van der Waals surface area contributed by atoms with Gasteiger partial charge in [-0.3, -0.25) is 4.79 Å². The van der Waals surface area contributed by atoms with E-state index in [4.69, 9.17) is 0 Å². The van der Waals surface area contributed by atoms with Gasteiger partial charge in [-0.05, 0) is 17.7 Å². The van der Waals surface area contributed by atoms with E-state index in [9.17, 15) is 9.90 Å². The largest absolute Gasteiger partial charge is 0.493 e. The second kappa shape index (κ2) is 4.93. The molecule has 6 nitrogen and oxygen atoms in total. The SMILES string of the molecule is O=c1[nH]c(-c2ncc[nH]2)nc(O)c1-c1cccc(Br)c1. The van der Waals surface area contributed by atoms with Crippen LogP contribution in [0.2, 0.25) is 0 Å². The molecule has 2 aromatic heterocycles. The third kappa shape index (κ3) is 2.23. The molecule has 20 heavy (non-hydrogen) atoms. The van der Waals surface area contributed by atoms with Crippen LogP contribution in [0.4, 0.5) is 0 Å². The van der Waals surface area contributed by atoms with Gasteiger partial charge >= 0.3 is 0 Å². The molecule has 0 amide bonds. The van der Waals surface area contributed by atoms with Gasteiger partial charge in [0.25, 0.3) is 5.56 Å². The Morgan fingerprint density at radius 1 is 1.25 bits per heavy atom. The quantitative estimate of drug-likeness (QED) is 0.671. The van der Waals surface area contributed by atoms with Gasteiger partial charge in [0.1, 0.15) is 5.56 Å². The minimum Gasteiger partial charge on any atom is -0.493 e. The minimum atomic E-state index is -0.429. The van der Waals surface area contributed by atoms with Gasteiger partial charge in [-0.25, -0.2) is 4.98 Å². The molecule has 3 aromatic rings. The molecule has 0 aliphatic heterocycles. The first-order valence-corrected chi connectivity index (χ1v) is 6.53. The molecular weight excluding hydrogens is 324 g/mol. The maximum atomic E-state index is 12.2. The van der Waals surface area contributed by atoms with Crippen LogP contribution in [-0.4, -0.2) is 25.0 Å². The fraction of sp³-hybridized carbons (Fsp3) is 0. The van der Waals surface area contributed by atoms with Gasteiger partial charge in [0.2, 0.25) is 5.88 Å². The maximum Gasteiger partial charge on any atom is 0.263 e. The van der Waals surface area contributed by atoms with Crippen molar-refractivity contribution in [2.24, 2.45) is 0 Å². The molecule has 3 N–H and O–H groups in total. The number of nitrogens with zero attached hydrogens (tertiary/aromatic N) is 2. The molecule has 0 saturated heterocycles. The molecule has 0 aliphatic rings. The van der Waals surface area contributed by atoms with Crippen molar-refractivity contribution in [1.29, 1.82) is 0 Å². The number of benzene rings is 1. The van der Waals surface area contributed by atoms with E-state index in [0.29, 0.717) is 11.4 Å². The lowest BCUT2D eigenvalue weighted by molar-refractivity contribution is 0.454. The Hall–Kier alpha value is -2.41. The summed E-state index contributed by atoms with van der Waals surface area (Å²) in [6, 6.07) is 7.07. The van der Waals surface area contributed by atoms with Crippen LogP contribution in [-0.2, 0) is 0 Å². The van der Waals surface area contributed by atoms with E-state index in [1.54, 1.807) is 24.4 Å². The van der Waals surface area contributed by atoms with Crippen LogP contribution >= 0.6 is 15.9 Å². The van der Waals surface area contributed by atoms with Crippen molar-refractivity contribution in [3.05, 3.63) is 51.5 Å². The molecule has 7 heteroatoms. The second-order valence-corrected chi connectivity index (χ2v) is 4.98. The summed E-state index contributed by atoms with van der Waals surface area (Å²) < 4.78 is 0.809. The van der Waals surface area contributed by atoms with Gasteiger partial charge < -0.3 is 15.1 Å². The molecule has 100 valence electrons. The number of aromatic hydroxyl groups is 1. The monoisotopic (exact) mass is 332 g/mol. The van der Waals surface area contributed by atoms with E-state index in [1.165, 1.54) is 6.20 Å². The second-order valence-electron chi connectivity index (χ2n) is 4.06. The van der Waals surface area contributed by atoms with Gasteiger partial charge in [-0.2, -0.15) is 4.98 Å². The van der Waals surface area contributed by atoms with Gasteiger partial charge in [0.05, 0.1) is 0 Å². The number of H-pyrrole nitrogens is 2. The van der Waals surface area contributed by atoms with Crippen molar-refractivity contribution < 1.29 is 5.11 Å². The van der Waals surface area contributed by atoms with E-state index in [2.05, 4.69) is 35.9 Å². The van der Waals surface area contributed by atoms with Crippen molar-refractivity contribution >= 4 is 15.9 Å². The third-order valence-electron chi connectivity index (χ3n) is 2.74. The van der Waals surface area contributed by atoms with Crippen molar-refractivity contribution in [3.8, 4) is 28.7 Å². The Morgan fingerprint density at radius 2 is 2.10 bits per heavy atom. The van der Waals surface area contributed by atoms with Gasteiger partial charge in [-0.1, -0.05) is 28.1 Å². The molecule has 2 heterocycles. The predicted octanol–water partition coefficient (Wildman–Crippen LogP) is 2.30. The summed E-state index contributed by atoms with van der Waals surface area (Å²) in [5.41, 5.74) is 0.278. The number of hydrogen-bond acceptors (Lipinski definition) is 4. The maximum absolute atomic E-state index is 12.2. The molecule has 0 spiro atoms. The highest BCUT2D eigenvalue weighted by atomic mass is 79.9. The summed E-state index contributed by atoms with van der Waals surface area (Å²) in [6.07, 6.45) is 3.14. The van der Waals surface area contributed by atoms with E-state index in [0.717, 1.165) is 4.47 Å². The van der Waals surface area contributed by atoms with E-state index >= 15 is 0 Å². The summed E-state index contributed by atoms with van der Waals surface area (Å²) in [5.74, 6) is 0.243. The summed E-state index contributed by atoms with van der Waals surface area (Å²) in [7, 11) is 0. The Kier molecular flexibility index (Phi) is 3.11. The number of hydrogen-bond donors (Lipinski definition) is 3. The van der Waals surface area contributed by atoms with Crippen molar-refractivity contribution in [1.82, 2.24) is 19.9 Å². The fourth-order valence-electron chi connectivity index (χ4n) is 1.87. The molecule has 0 bridgehead atoms. The standard InChI is InChI=1S/C13H9BrN4O2/c14-8-3-1-2-7(6-8)9-12(19)17-11(18-13(9)20)10-15-4-5-16-10/h1-6H,(H,15,16)(H2,17,18,19,20). The zero-order valence-electron chi connectivity index (χ0n) is 10.1. The average molecular weight is 333 g/mol. The van der Waals surface area contributed by atoms with Crippen molar-refractivity contribution in [3.63, 3.8) is 0 Å². The molecule has 0 aliphatic carbocycles. The van der Waals surface area contributed by atoms with Gasteiger partial charge in [0.15, 0.2) is 11.6 Å². The summed E-state index contributed by atoms with van der Waals surface area (Å²) in [4.78, 5) is 25.5. The highest BCUT2D eigenvalue weighted by molar-refractivity contribution is 9.10. The molecule has 0 saturated carbocycles. The lowest BCUT2D eigenvalue weighted by Crippen LogP contribution is -2.12. The molecule has 3 rings (SSSR count). The van der Waals surface area contributed by atoms with Crippen LogP contribution in [0.3, 0.4) is 0 Å². The van der Waals surface area contributed by atoms with E-state index in [-0.39, 0.29) is 17.3 Å². The first-order valence-electron chi connectivity index (χ1n) is 5.74. The summed E-state index contributed by atoms with van der Waals surface area (Å²) in [5, 5.41) is 10.0. The third-order valence-corrected chi connectivity index (χ3v) is 3.23. The number of imidazole rings is 1. The molecule has 0 atom stereocenters. The predicted molar refractivity (Wildman–Crippen MR) is 77.2 cm³/mol. The molecule has 0 fully saturated rings. The summed E-state index contributed by atoms with van der Waals surface area (Å²) in [6.45, 7) is 0. The first-order chi connectivity index (χ1) is 9.65. The van der Waals surface area contributed by atoms with Gasteiger partial charge in [-0.15, -0.1) is 0 Å². The Labute approximate surface area is 121 Å². The zero-order chi connectivity index (χ0) is 14.1. The zero-order valence-corrected chi connectivity index (χ0v) is 11.7. The molecule has 1 aromatic carbocycles. The van der Waals surface area contributed by atoms with Crippen LogP contribution < -0.4 is 5.56 Å². The topological polar surface area (TPSA) is 94.7 Å². The lowest BCUT2D eigenvalue weighted by atomic mass is 10.1. The normalized spacial score (nSPS) is 10.7. The fourth-order valence-corrected chi connectivity index (χ4v) is 2.27. The smallest absolute Gasteiger partial charge is 0.263 e. The van der Waals surface area contributed by atoms with Crippen LogP contribution in [0.5, 0.6) is 5.88 Å². The Bertz CT molecular complexity index is 811. The minimum absolute atomic E-state index is 0.126. The molecular formula is C13H9BrN4O2. The highest BCUT2D eigenvalue weighted by Crippen LogP contribution is 2.26. The Morgan fingerprint density at radius 3 is 2.75 bits per heavy atom. The van der Waals surface area contributed by atoms with Crippen LogP contribution in [0.25, 0.3) is 22.8 Å². The lowest BCUT2D eigenvalue weighted by Gasteiger charge is -2.05. The number of nitrogens with one attached hydrogen (secondary N) is 2. The Balaban J connectivity index is 2.17. The average Bonchev–Trinajstić information content (AvgIpc) is 2.91. The van der Waals surface area contributed by atoms with Gasteiger partial charge in [0, 0.05) is 16.9 Å². The van der Waals surface area contributed by atoms with E-state index < -0.39 is 5.56 Å². The molecule has 0 radical (unpaired) electrons. The first kappa shape index (κ1) is 12.6. The number of aromatic nitrogens is 4. The van der Waals surface area contributed by atoms with Crippen LogP contribution in [0.1, 0.15) is 0 Å². The van der Waals surface area contributed by atoms with Crippen LogP contribution in [0, 0.1) is 0 Å². The number of halogens is 1. The number of aromatic amines is 2. The highest BCUT2D eigenvalue weighted by Gasteiger charge is 2.14.